The maximum Gasteiger partial charge on any atom is 0.323 e. The number of hydrogen-bond acceptors (Lipinski definition) is 6. The minimum atomic E-state index is -0.483. The normalized spacial score (nSPS) is 18.3. The zero-order valence-corrected chi connectivity index (χ0v) is 19.4. The van der Waals surface area contributed by atoms with Gasteiger partial charge < -0.3 is 14.5 Å². The second-order valence-corrected chi connectivity index (χ2v) is 9.17. The Morgan fingerprint density at radius 3 is 2.74 bits per heavy atom. The number of carbonyl (C=O) groups is 2. The SMILES string of the molecule is CC(C)C(=O)OC1CN(C(=O)Nc2cnc3ccc(N4CCCC4c4cc(F)ccc4F)nn23)C1. The fourth-order valence-electron chi connectivity index (χ4n) is 4.40. The number of imidazole rings is 1. The van der Waals surface area contributed by atoms with Crippen molar-refractivity contribution in [3.8, 4) is 0 Å². The number of carbonyl (C=O) groups excluding carboxylic acids is 2. The summed E-state index contributed by atoms with van der Waals surface area (Å²) in [5, 5.41) is 7.43. The Labute approximate surface area is 200 Å². The highest BCUT2D eigenvalue weighted by molar-refractivity contribution is 5.89. The maximum atomic E-state index is 14.5. The molecule has 2 aromatic heterocycles. The van der Waals surface area contributed by atoms with Crippen LogP contribution in [0.25, 0.3) is 5.65 Å². The second-order valence-electron chi connectivity index (χ2n) is 9.17. The van der Waals surface area contributed by atoms with Gasteiger partial charge in [0.25, 0.3) is 0 Å². The number of likely N-dealkylation sites (tertiary alicyclic amines) is 1. The maximum absolute atomic E-state index is 14.5. The van der Waals surface area contributed by atoms with E-state index in [1.807, 2.05) is 4.90 Å². The van der Waals surface area contributed by atoms with Gasteiger partial charge in [0, 0.05) is 12.1 Å². The van der Waals surface area contributed by atoms with E-state index in [1.165, 1.54) is 21.7 Å². The largest absolute Gasteiger partial charge is 0.458 e. The Kier molecular flexibility index (Phi) is 6.00. The number of esters is 1. The summed E-state index contributed by atoms with van der Waals surface area (Å²) in [4.78, 5) is 32.1. The number of anilines is 2. The standard InChI is InChI=1S/C24H26F2N6O3/c1-14(2)23(33)35-16-12-30(13-16)24(34)28-22-11-27-20-7-8-21(29-32(20)22)31-9-3-4-19(31)17-10-15(25)5-6-18(17)26/h5-8,10-11,14,16,19H,3-4,9,12-13H2,1-2H3,(H,28,34). The molecule has 5 rings (SSSR count). The molecule has 2 amide bonds. The van der Waals surface area contributed by atoms with Crippen molar-refractivity contribution in [2.75, 3.05) is 29.9 Å². The van der Waals surface area contributed by atoms with Crippen LogP contribution >= 0.6 is 0 Å². The summed E-state index contributed by atoms with van der Waals surface area (Å²) in [6, 6.07) is 6.34. The number of halogens is 2. The summed E-state index contributed by atoms with van der Waals surface area (Å²) in [7, 11) is 0. The zero-order chi connectivity index (χ0) is 24.7. The Hall–Kier alpha value is -3.76. The topological polar surface area (TPSA) is 92.1 Å². The molecule has 184 valence electrons. The molecule has 2 aliphatic heterocycles. The van der Waals surface area contributed by atoms with Crippen LogP contribution in [0, 0.1) is 17.6 Å². The van der Waals surface area contributed by atoms with Crippen molar-refractivity contribution in [2.45, 2.75) is 38.8 Å². The summed E-state index contributed by atoms with van der Waals surface area (Å²) in [5.41, 5.74) is 0.832. The third-order valence-corrected chi connectivity index (χ3v) is 6.34. The van der Waals surface area contributed by atoms with Gasteiger partial charge in [-0.15, -0.1) is 5.10 Å². The fourth-order valence-corrected chi connectivity index (χ4v) is 4.40. The van der Waals surface area contributed by atoms with Crippen molar-refractivity contribution < 1.29 is 23.1 Å². The number of amides is 2. The second kappa shape index (κ2) is 9.12. The zero-order valence-electron chi connectivity index (χ0n) is 19.4. The predicted octanol–water partition coefficient (Wildman–Crippen LogP) is 3.76. The van der Waals surface area contributed by atoms with Crippen molar-refractivity contribution in [1.29, 1.82) is 0 Å². The van der Waals surface area contributed by atoms with Gasteiger partial charge in [-0.05, 0) is 43.2 Å². The van der Waals surface area contributed by atoms with E-state index in [0.29, 0.717) is 48.9 Å². The lowest BCUT2D eigenvalue weighted by molar-refractivity contribution is -0.159. The lowest BCUT2D eigenvalue weighted by atomic mass is 10.0. The molecule has 0 saturated carbocycles. The highest BCUT2D eigenvalue weighted by Crippen LogP contribution is 2.36. The molecule has 3 aromatic rings. The van der Waals surface area contributed by atoms with Crippen LogP contribution in [0.5, 0.6) is 0 Å². The number of hydrogen-bond donors (Lipinski definition) is 1. The third-order valence-electron chi connectivity index (χ3n) is 6.34. The molecule has 2 aliphatic rings. The molecule has 1 N–H and O–H groups in total. The molecule has 35 heavy (non-hydrogen) atoms. The van der Waals surface area contributed by atoms with Gasteiger partial charge in [-0.25, -0.2) is 18.6 Å². The minimum Gasteiger partial charge on any atom is -0.458 e. The molecule has 4 heterocycles. The lowest BCUT2D eigenvalue weighted by Gasteiger charge is -2.38. The van der Waals surface area contributed by atoms with Crippen molar-refractivity contribution >= 4 is 29.3 Å². The first-order valence-corrected chi connectivity index (χ1v) is 11.6. The van der Waals surface area contributed by atoms with Crippen LogP contribution in [0.1, 0.15) is 38.3 Å². The molecule has 0 bridgehead atoms. The van der Waals surface area contributed by atoms with Crippen molar-refractivity contribution in [2.24, 2.45) is 5.92 Å². The van der Waals surface area contributed by atoms with Gasteiger partial charge >= 0.3 is 12.0 Å². The minimum absolute atomic E-state index is 0.219. The molecule has 0 radical (unpaired) electrons. The summed E-state index contributed by atoms with van der Waals surface area (Å²) >= 11 is 0. The van der Waals surface area contributed by atoms with Crippen LogP contribution in [0.2, 0.25) is 0 Å². The van der Waals surface area contributed by atoms with Gasteiger partial charge in [-0.2, -0.15) is 4.52 Å². The summed E-state index contributed by atoms with van der Waals surface area (Å²) < 4.78 is 35.1. The van der Waals surface area contributed by atoms with Gasteiger partial charge in [-0.3, -0.25) is 10.1 Å². The molecule has 2 fully saturated rings. The van der Waals surface area contributed by atoms with Crippen molar-refractivity contribution in [3.05, 3.63) is 53.7 Å². The number of aromatic nitrogens is 3. The van der Waals surface area contributed by atoms with Crippen LogP contribution in [-0.4, -0.2) is 57.2 Å². The van der Waals surface area contributed by atoms with Crippen LogP contribution < -0.4 is 10.2 Å². The first-order chi connectivity index (χ1) is 16.8. The smallest absolute Gasteiger partial charge is 0.323 e. The number of rotatable bonds is 5. The third kappa shape index (κ3) is 4.50. The molecule has 0 spiro atoms. The van der Waals surface area contributed by atoms with Gasteiger partial charge in [0.2, 0.25) is 0 Å². The summed E-state index contributed by atoms with van der Waals surface area (Å²) in [5.74, 6) is -0.491. The molecule has 1 atom stereocenters. The average Bonchev–Trinajstić information content (AvgIpc) is 3.44. The molecule has 2 saturated heterocycles. The average molecular weight is 485 g/mol. The number of benzene rings is 1. The molecule has 1 aromatic carbocycles. The Bertz CT molecular complexity index is 1270. The predicted molar refractivity (Wildman–Crippen MR) is 124 cm³/mol. The van der Waals surface area contributed by atoms with Crippen LogP contribution in [-0.2, 0) is 9.53 Å². The lowest BCUT2D eigenvalue weighted by Crippen LogP contribution is -2.56. The number of fused-ring (bicyclic) bond motifs is 1. The number of nitrogens with zero attached hydrogens (tertiary/aromatic N) is 5. The highest BCUT2D eigenvalue weighted by Gasteiger charge is 2.34. The molecule has 1 unspecified atom stereocenters. The van der Waals surface area contributed by atoms with E-state index in [2.05, 4.69) is 15.4 Å². The fraction of sp³-hybridized carbons (Fsp3) is 0.417. The Morgan fingerprint density at radius 1 is 1.17 bits per heavy atom. The Balaban J connectivity index is 1.31. The van der Waals surface area contributed by atoms with E-state index in [1.54, 1.807) is 26.0 Å². The quantitative estimate of drug-likeness (QED) is 0.555. The molecule has 11 heteroatoms. The van der Waals surface area contributed by atoms with Crippen LogP contribution in [0.4, 0.5) is 25.2 Å². The molecular formula is C24H26F2N6O3. The molecular weight excluding hydrogens is 458 g/mol. The monoisotopic (exact) mass is 484 g/mol. The van der Waals surface area contributed by atoms with Crippen LogP contribution in [0.15, 0.2) is 36.5 Å². The molecule has 0 aliphatic carbocycles. The van der Waals surface area contributed by atoms with E-state index >= 15 is 0 Å². The van der Waals surface area contributed by atoms with Crippen LogP contribution in [0.3, 0.4) is 0 Å². The van der Waals surface area contributed by atoms with Crippen molar-refractivity contribution in [3.63, 3.8) is 0 Å². The van der Waals surface area contributed by atoms with E-state index in [0.717, 1.165) is 18.6 Å². The first kappa shape index (κ1) is 23.0. The van der Waals surface area contributed by atoms with Gasteiger partial charge in [0.15, 0.2) is 11.5 Å². The van der Waals surface area contributed by atoms with Gasteiger partial charge in [-0.1, -0.05) is 13.8 Å². The van der Waals surface area contributed by atoms with E-state index in [-0.39, 0.29) is 30.1 Å². The van der Waals surface area contributed by atoms with E-state index < -0.39 is 11.6 Å². The Morgan fingerprint density at radius 2 is 1.97 bits per heavy atom. The number of urea groups is 1. The molecule has 9 nitrogen and oxygen atoms in total. The van der Waals surface area contributed by atoms with Crippen molar-refractivity contribution in [1.82, 2.24) is 19.5 Å². The first-order valence-electron chi connectivity index (χ1n) is 11.6. The number of nitrogens with one attached hydrogen (secondary N) is 1. The summed E-state index contributed by atoms with van der Waals surface area (Å²) in [6.45, 7) is 4.79. The van der Waals surface area contributed by atoms with E-state index in [4.69, 9.17) is 4.74 Å². The van der Waals surface area contributed by atoms with Gasteiger partial charge in [0.05, 0.1) is 31.2 Å². The number of ether oxygens (including phenoxy) is 1. The highest BCUT2D eigenvalue weighted by atomic mass is 19.1. The summed E-state index contributed by atoms with van der Waals surface area (Å²) in [6.07, 6.45) is 2.68. The van der Waals surface area contributed by atoms with E-state index in [9.17, 15) is 18.4 Å². The van der Waals surface area contributed by atoms with Gasteiger partial charge in [0.1, 0.15) is 23.6 Å².